The Labute approximate surface area is 159 Å². The van der Waals surface area contributed by atoms with Gasteiger partial charge in [-0.2, -0.15) is 4.98 Å². The molecule has 0 radical (unpaired) electrons. The second-order valence-corrected chi connectivity index (χ2v) is 6.59. The molecule has 1 aromatic heterocycles. The summed E-state index contributed by atoms with van der Waals surface area (Å²) in [5.41, 5.74) is 8.33. The number of nitrogens with zero attached hydrogens (tertiary/aromatic N) is 3. The van der Waals surface area contributed by atoms with Gasteiger partial charge in [0.2, 0.25) is 0 Å². The average molecular weight is 371 g/mol. The maximum absolute atomic E-state index is 6.02. The van der Waals surface area contributed by atoms with Gasteiger partial charge in [-0.05, 0) is 30.2 Å². The molecule has 0 amide bonds. The van der Waals surface area contributed by atoms with Crippen LogP contribution in [0.15, 0.2) is 65.2 Å². The molecule has 0 aliphatic carbocycles. The van der Waals surface area contributed by atoms with E-state index in [-0.39, 0.29) is 12.4 Å². The summed E-state index contributed by atoms with van der Waals surface area (Å²) in [6.07, 6.45) is 0. The van der Waals surface area contributed by atoms with Crippen molar-refractivity contribution in [3.8, 4) is 11.5 Å². The lowest BCUT2D eigenvalue weighted by atomic mass is 9.89. The first-order valence-corrected chi connectivity index (χ1v) is 8.69. The van der Waals surface area contributed by atoms with Crippen molar-refractivity contribution in [3.63, 3.8) is 0 Å². The van der Waals surface area contributed by atoms with Crippen molar-refractivity contribution < 1.29 is 4.52 Å². The van der Waals surface area contributed by atoms with Crippen LogP contribution in [0.25, 0.3) is 11.5 Å². The number of aromatic nitrogens is 2. The Balaban J connectivity index is 0.00000196. The molecule has 2 aromatic carbocycles. The second-order valence-electron chi connectivity index (χ2n) is 6.59. The lowest BCUT2D eigenvalue weighted by Gasteiger charge is -2.16. The van der Waals surface area contributed by atoms with E-state index in [9.17, 15) is 0 Å². The van der Waals surface area contributed by atoms with Crippen LogP contribution in [-0.4, -0.2) is 34.7 Å². The number of hydrogen-bond donors (Lipinski definition) is 1. The van der Waals surface area contributed by atoms with Crippen LogP contribution >= 0.6 is 12.4 Å². The van der Waals surface area contributed by atoms with Gasteiger partial charge in [-0.25, -0.2) is 0 Å². The van der Waals surface area contributed by atoms with Crippen LogP contribution in [-0.2, 0) is 6.54 Å². The standard InChI is InChI=1S/C20H22N4O.ClH/c21-11-17-12-24(13-18(17)15-7-3-1-4-8-15)14-19-22-20(25-23-19)16-9-5-2-6-10-16;/h1-10,17-18H,11-14,21H2;1H/t17-,18+;/m1./s1. The van der Waals surface area contributed by atoms with Crippen LogP contribution in [0, 0.1) is 5.92 Å². The van der Waals surface area contributed by atoms with E-state index in [2.05, 4.69) is 45.4 Å². The monoisotopic (exact) mass is 370 g/mol. The molecule has 1 aliphatic rings. The van der Waals surface area contributed by atoms with Gasteiger partial charge < -0.3 is 10.3 Å². The number of hydrogen-bond acceptors (Lipinski definition) is 5. The van der Waals surface area contributed by atoms with E-state index in [0.29, 0.717) is 30.8 Å². The average Bonchev–Trinajstić information content (AvgIpc) is 3.30. The maximum Gasteiger partial charge on any atom is 0.257 e. The van der Waals surface area contributed by atoms with Crippen molar-refractivity contribution >= 4 is 12.4 Å². The zero-order valence-corrected chi connectivity index (χ0v) is 15.3. The fraction of sp³-hybridized carbons (Fsp3) is 0.300. The molecule has 1 fully saturated rings. The Morgan fingerprint density at radius 2 is 1.69 bits per heavy atom. The van der Waals surface area contributed by atoms with Gasteiger partial charge in [0, 0.05) is 24.6 Å². The highest BCUT2D eigenvalue weighted by Gasteiger charge is 2.33. The van der Waals surface area contributed by atoms with Crippen molar-refractivity contribution in [2.75, 3.05) is 19.6 Å². The Bertz CT molecular complexity index is 809. The smallest absolute Gasteiger partial charge is 0.257 e. The molecule has 1 aliphatic heterocycles. The van der Waals surface area contributed by atoms with Crippen molar-refractivity contribution in [1.82, 2.24) is 15.0 Å². The molecule has 3 aromatic rings. The van der Waals surface area contributed by atoms with E-state index in [1.807, 2.05) is 30.3 Å². The molecule has 2 atom stereocenters. The van der Waals surface area contributed by atoms with E-state index >= 15 is 0 Å². The van der Waals surface area contributed by atoms with Crippen LogP contribution < -0.4 is 5.73 Å². The molecule has 0 unspecified atom stereocenters. The predicted molar refractivity (Wildman–Crippen MR) is 104 cm³/mol. The van der Waals surface area contributed by atoms with Gasteiger partial charge in [0.05, 0.1) is 6.54 Å². The molecule has 2 heterocycles. The summed E-state index contributed by atoms with van der Waals surface area (Å²) in [5.74, 6) is 2.22. The van der Waals surface area contributed by atoms with E-state index in [1.54, 1.807) is 0 Å². The largest absolute Gasteiger partial charge is 0.334 e. The first-order chi connectivity index (χ1) is 12.3. The van der Waals surface area contributed by atoms with Crippen LogP contribution in [0.2, 0.25) is 0 Å². The SMILES string of the molecule is Cl.NC[C@@H]1CN(Cc2noc(-c3ccccc3)n2)C[C@H]1c1ccccc1. The Hall–Kier alpha value is -2.21. The van der Waals surface area contributed by atoms with Crippen LogP contribution in [0.5, 0.6) is 0 Å². The third-order valence-electron chi connectivity index (χ3n) is 4.90. The molecule has 5 nitrogen and oxygen atoms in total. The van der Waals surface area contributed by atoms with Crippen molar-refractivity contribution in [2.45, 2.75) is 12.5 Å². The van der Waals surface area contributed by atoms with Gasteiger partial charge in [0.25, 0.3) is 5.89 Å². The number of halogens is 1. The zero-order chi connectivity index (χ0) is 17.1. The summed E-state index contributed by atoms with van der Waals surface area (Å²) >= 11 is 0. The van der Waals surface area contributed by atoms with Crippen molar-refractivity contribution in [1.29, 1.82) is 0 Å². The van der Waals surface area contributed by atoms with E-state index < -0.39 is 0 Å². The fourth-order valence-electron chi connectivity index (χ4n) is 3.62. The number of benzene rings is 2. The predicted octanol–water partition coefficient (Wildman–Crippen LogP) is 3.33. The minimum Gasteiger partial charge on any atom is -0.334 e. The summed E-state index contributed by atoms with van der Waals surface area (Å²) in [5, 5.41) is 4.15. The minimum atomic E-state index is 0. The first kappa shape index (κ1) is 18.6. The molecule has 0 bridgehead atoms. The molecule has 1 saturated heterocycles. The quantitative estimate of drug-likeness (QED) is 0.746. The van der Waals surface area contributed by atoms with Gasteiger partial charge in [-0.3, -0.25) is 4.90 Å². The van der Waals surface area contributed by atoms with Gasteiger partial charge in [-0.15, -0.1) is 12.4 Å². The highest BCUT2D eigenvalue weighted by molar-refractivity contribution is 5.85. The lowest BCUT2D eigenvalue weighted by Crippen LogP contribution is -2.23. The Morgan fingerprint density at radius 1 is 1.00 bits per heavy atom. The molecule has 0 saturated carbocycles. The number of likely N-dealkylation sites (tertiary alicyclic amines) is 1. The fourth-order valence-corrected chi connectivity index (χ4v) is 3.62. The topological polar surface area (TPSA) is 68.2 Å². The molecule has 136 valence electrons. The van der Waals surface area contributed by atoms with Crippen molar-refractivity contribution in [2.24, 2.45) is 11.7 Å². The van der Waals surface area contributed by atoms with Gasteiger partial charge in [0.1, 0.15) is 0 Å². The number of nitrogens with two attached hydrogens (primary N) is 1. The third kappa shape index (κ3) is 3.96. The van der Waals surface area contributed by atoms with Gasteiger partial charge >= 0.3 is 0 Å². The van der Waals surface area contributed by atoms with Crippen LogP contribution in [0.3, 0.4) is 0 Å². The molecular weight excluding hydrogens is 348 g/mol. The summed E-state index contributed by atoms with van der Waals surface area (Å²) < 4.78 is 5.41. The third-order valence-corrected chi connectivity index (χ3v) is 4.90. The molecule has 4 rings (SSSR count). The highest BCUT2D eigenvalue weighted by atomic mass is 35.5. The normalized spacial score (nSPS) is 20.0. The lowest BCUT2D eigenvalue weighted by molar-refractivity contribution is 0.300. The summed E-state index contributed by atoms with van der Waals surface area (Å²) in [7, 11) is 0. The zero-order valence-electron chi connectivity index (χ0n) is 14.5. The molecule has 2 N–H and O–H groups in total. The van der Waals surface area contributed by atoms with Gasteiger partial charge in [0.15, 0.2) is 5.82 Å². The van der Waals surface area contributed by atoms with Crippen molar-refractivity contribution in [3.05, 3.63) is 72.1 Å². The van der Waals surface area contributed by atoms with E-state index in [1.165, 1.54) is 5.56 Å². The number of rotatable bonds is 5. The second kappa shape index (κ2) is 8.45. The summed E-state index contributed by atoms with van der Waals surface area (Å²) in [6.45, 7) is 3.32. The van der Waals surface area contributed by atoms with E-state index in [0.717, 1.165) is 24.5 Å². The summed E-state index contributed by atoms with van der Waals surface area (Å²) in [4.78, 5) is 6.91. The maximum atomic E-state index is 6.02. The van der Waals surface area contributed by atoms with Gasteiger partial charge in [-0.1, -0.05) is 53.7 Å². The highest BCUT2D eigenvalue weighted by Crippen LogP contribution is 2.32. The molecule has 26 heavy (non-hydrogen) atoms. The minimum absolute atomic E-state index is 0. The Morgan fingerprint density at radius 3 is 2.38 bits per heavy atom. The molecule has 0 spiro atoms. The van der Waals surface area contributed by atoms with Crippen LogP contribution in [0.4, 0.5) is 0 Å². The molecule has 6 heteroatoms. The summed E-state index contributed by atoms with van der Waals surface area (Å²) in [6, 6.07) is 20.5. The first-order valence-electron chi connectivity index (χ1n) is 8.69. The Kier molecular flexibility index (Phi) is 6.04. The van der Waals surface area contributed by atoms with E-state index in [4.69, 9.17) is 10.3 Å². The van der Waals surface area contributed by atoms with Crippen LogP contribution in [0.1, 0.15) is 17.3 Å². The molecular formula is C20H23ClN4O.